The van der Waals surface area contributed by atoms with Gasteiger partial charge in [-0.3, -0.25) is 4.90 Å². The van der Waals surface area contributed by atoms with Crippen molar-refractivity contribution in [3.05, 3.63) is 46.9 Å². The Kier molecular flexibility index (Phi) is 7.88. The van der Waals surface area contributed by atoms with Crippen LogP contribution in [0.2, 0.25) is 0 Å². The number of anilines is 2. The molecular weight excluding hydrogens is 491 g/mol. The van der Waals surface area contributed by atoms with Gasteiger partial charge in [-0.2, -0.15) is 0 Å². The van der Waals surface area contributed by atoms with E-state index in [-0.39, 0.29) is 12.4 Å². The van der Waals surface area contributed by atoms with E-state index in [1.807, 2.05) is 4.90 Å². The lowest BCUT2D eigenvalue weighted by Gasteiger charge is -2.20. The summed E-state index contributed by atoms with van der Waals surface area (Å²) < 4.78 is 26.3. The molecule has 0 bridgehead atoms. The molecule has 2 heterocycles. The lowest BCUT2D eigenvalue weighted by molar-refractivity contribution is 0.0299. The fourth-order valence-corrected chi connectivity index (χ4v) is 3.83. The summed E-state index contributed by atoms with van der Waals surface area (Å²) in [5, 5.41) is 13.6. The average molecular weight is 514 g/mol. The number of nitrogens with one attached hydrogen (secondary N) is 1. The number of benzene rings is 2. The minimum atomic E-state index is -0.396. The van der Waals surface area contributed by atoms with Crippen LogP contribution in [0.25, 0.3) is 10.9 Å². The van der Waals surface area contributed by atoms with Crippen LogP contribution < -0.4 is 14.8 Å². The van der Waals surface area contributed by atoms with Gasteiger partial charge in [-0.15, -0.1) is 12.4 Å². The van der Waals surface area contributed by atoms with Crippen molar-refractivity contribution in [1.29, 1.82) is 0 Å². The van der Waals surface area contributed by atoms with Gasteiger partial charge in [0.2, 0.25) is 0 Å². The van der Waals surface area contributed by atoms with Crippen LogP contribution >= 0.6 is 28.3 Å². The molecule has 10 heteroatoms. The van der Waals surface area contributed by atoms with Crippen molar-refractivity contribution in [2.24, 2.45) is 0 Å². The number of nitrogens with zero attached hydrogens (tertiary/aromatic N) is 3. The average Bonchev–Trinajstić information content (AvgIpc) is 3.14. The number of likely N-dealkylation sites (tertiary alicyclic amines) is 1. The third kappa shape index (κ3) is 5.35. The number of hydrogen-bond acceptors (Lipinski definition) is 7. The van der Waals surface area contributed by atoms with Gasteiger partial charge in [-0.05, 0) is 37.1 Å². The Morgan fingerprint density at radius 2 is 2.10 bits per heavy atom. The van der Waals surface area contributed by atoms with Crippen molar-refractivity contribution in [3.63, 3.8) is 0 Å². The Balaban J connectivity index is 0.00000272. The van der Waals surface area contributed by atoms with Gasteiger partial charge in [0.05, 0.1) is 18.3 Å². The topological polar surface area (TPSA) is 79.7 Å². The Morgan fingerprint density at radius 3 is 2.81 bits per heavy atom. The van der Waals surface area contributed by atoms with Crippen LogP contribution in [-0.2, 0) is 0 Å². The number of halogens is 3. The summed E-state index contributed by atoms with van der Waals surface area (Å²) >= 11 is 3.25. The highest BCUT2D eigenvalue weighted by atomic mass is 79.9. The van der Waals surface area contributed by atoms with Crippen molar-refractivity contribution >= 4 is 50.7 Å². The molecule has 1 atom stereocenters. The third-order valence-electron chi connectivity index (χ3n) is 5.07. The lowest BCUT2D eigenvalue weighted by atomic mass is 10.2. The fourth-order valence-electron chi connectivity index (χ4n) is 3.50. The van der Waals surface area contributed by atoms with Gasteiger partial charge in [0.15, 0.2) is 11.5 Å². The molecule has 166 valence electrons. The summed E-state index contributed by atoms with van der Waals surface area (Å²) in [6, 6.07) is 8.32. The number of hydrogen-bond donors (Lipinski definition) is 2. The second kappa shape index (κ2) is 10.4. The van der Waals surface area contributed by atoms with Gasteiger partial charge in [0.1, 0.15) is 30.8 Å². The van der Waals surface area contributed by atoms with Gasteiger partial charge < -0.3 is 19.9 Å². The van der Waals surface area contributed by atoms with E-state index < -0.39 is 12.0 Å². The van der Waals surface area contributed by atoms with Crippen LogP contribution in [0.1, 0.15) is 12.8 Å². The second-order valence-electron chi connectivity index (χ2n) is 7.00. The Labute approximate surface area is 194 Å². The van der Waals surface area contributed by atoms with Gasteiger partial charge >= 0.3 is 0 Å². The summed E-state index contributed by atoms with van der Waals surface area (Å²) in [5.41, 5.74) is 0.948. The van der Waals surface area contributed by atoms with Crippen LogP contribution in [0.4, 0.5) is 15.9 Å². The molecule has 0 radical (unpaired) electrons. The van der Waals surface area contributed by atoms with Crippen LogP contribution in [-0.4, -0.2) is 53.0 Å². The van der Waals surface area contributed by atoms with E-state index in [1.165, 1.54) is 12.4 Å². The van der Waals surface area contributed by atoms with Crippen LogP contribution in [0.5, 0.6) is 11.5 Å². The number of ether oxygens (including phenoxy) is 2. The predicted octanol–water partition coefficient (Wildman–Crippen LogP) is 4.50. The van der Waals surface area contributed by atoms with E-state index in [2.05, 4.69) is 31.2 Å². The molecule has 1 aliphatic heterocycles. The van der Waals surface area contributed by atoms with E-state index in [0.29, 0.717) is 51.5 Å². The molecule has 1 aromatic heterocycles. The minimum Gasteiger partial charge on any atom is -0.493 e. The van der Waals surface area contributed by atoms with E-state index in [9.17, 15) is 9.50 Å². The maximum Gasteiger partial charge on any atom is 0.163 e. The van der Waals surface area contributed by atoms with Crippen molar-refractivity contribution in [1.82, 2.24) is 14.9 Å². The molecule has 4 rings (SSSR count). The summed E-state index contributed by atoms with van der Waals surface area (Å²) in [6.45, 7) is 1.91. The molecule has 7 nitrogen and oxygen atoms in total. The van der Waals surface area contributed by atoms with Crippen LogP contribution in [0, 0.1) is 5.82 Å². The van der Waals surface area contributed by atoms with Crippen LogP contribution in [0.15, 0.2) is 41.1 Å². The smallest absolute Gasteiger partial charge is 0.163 e. The number of methoxy groups -OCH3 is 1. The minimum absolute atomic E-state index is 0. The Hall–Kier alpha value is -2.20. The second-order valence-corrected chi connectivity index (χ2v) is 7.91. The fraction of sp³-hybridized carbons (Fsp3) is 0.333. The van der Waals surface area contributed by atoms with Crippen molar-refractivity contribution < 1.29 is 19.0 Å². The summed E-state index contributed by atoms with van der Waals surface area (Å²) in [5.74, 6) is 1.15. The predicted molar refractivity (Wildman–Crippen MR) is 123 cm³/mol. The molecule has 31 heavy (non-hydrogen) atoms. The summed E-state index contributed by atoms with van der Waals surface area (Å²) in [4.78, 5) is 10.6. The number of aromatic nitrogens is 2. The number of aliphatic hydroxyl groups is 1. The van der Waals surface area contributed by atoms with Crippen LogP contribution in [0.3, 0.4) is 0 Å². The number of aliphatic hydroxyl groups excluding tert-OH is 1. The molecule has 2 aromatic carbocycles. The first-order chi connectivity index (χ1) is 14.5. The van der Waals surface area contributed by atoms with Gasteiger partial charge in [0.25, 0.3) is 0 Å². The number of fused-ring (bicyclic) bond motifs is 1. The van der Waals surface area contributed by atoms with Crippen molar-refractivity contribution in [2.45, 2.75) is 19.1 Å². The zero-order chi connectivity index (χ0) is 21.1. The SMILES string of the molecule is COc1cc2c(Nc3ccc(Br)cc3F)ncnc2cc1OCCN1CCCC1O.Cl. The molecule has 2 N–H and O–H groups in total. The zero-order valence-electron chi connectivity index (χ0n) is 16.8. The summed E-state index contributed by atoms with van der Waals surface area (Å²) in [6.07, 6.45) is 2.81. The monoisotopic (exact) mass is 512 g/mol. The Bertz CT molecular complexity index is 1060. The highest BCUT2D eigenvalue weighted by molar-refractivity contribution is 9.10. The first kappa shape index (κ1) is 23.5. The summed E-state index contributed by atoms with van der Waals surface area (Å²) in [7, 11) is 1.56. The molecule has 3 aromatic rings. The molecular formula is C21H23BrClFN4O3. The molecule has 0 saturated carbocycles. The largest absolute Gasteiger partial charge is 0.493 e. The lowest BCUT2D eigenvalue weighted by Crippen LogP contribution is -2.32. The van der Waals surface area contributed by atoms with Crippen molar-refractivity contribution in [3.8, 4) is 11.5 Å². The van der Waals surface area contributed by atoms with E-state index in [4.69, 9.17) is 9.47 Å². The molecule has 1 fully saturated rings. The molecule has 0 spiro atoms. The first-order valence-electron chi connectivity index (χ1n) is 9.65. The normalized spacial score (nSPS) is 16.2. The Morgan fingerprint density at radius 1 is 1.26 bits per heavy atom. The van der Waals surface area contributed by atoms with E-state index >= 15 is 0 Å². The quantitative estimate of drug-likeness (QED) is 0.482. The molecule has 1 aliphatic rings. The maximum atomic E-state index is 14.2. The highest BCUT2D eigenvalue weighted by Crippen LogP contribution is 2.35. The standard InChI is InChI=1S/C21H22BrFN4O3.ClH/c1-29-18-10-14-17(11-19(18)30-8-7-27-6-2-3-20(27)28)24-12-25-21(14)26-16-5-4-13(22)9-15(16)23;/h4-5,9-12,20,28H,2-3,6-8H2,1H3,(H,24,25,26);1H. The molecule has 0 amide bonds. The molecule has 1 unspecified atom stereocenters. The van der Waals surface area contributed by atoms with E-state index in [0.717, 1.165) is 19.4 Å². The van der Waals surface area contributed by atoms with Gasteiger partial charge in [0, 0.05) is 29.0 Å². The molecule has 1 saturated heterocycles. The maximum absolute atomic E-state index is 14.2. The number of rotatable bonds is 7. The molecule has 0 aliphatic carbocycles. The van der Waals surface area contributed by atoms with E-state index in [1.54, 1.807) is 31.4 Å². The third-order valence-corrected chi connectivity index (χ3v) is 5.56. The van der Waals surface area contributed by atoms with Gasteiger partial charge in [-0.25, -0.2) is 14.4 Å². The van der Waals surface area contributed by atoms with Crippen molar-refractivity contribution in [2.75, 3.05) is 32.1 Å². The first-order valence-corrected chi connectivity index (χ1v) is 10.4. The highest BCUT2D eigenvalue weighted by Gasteiger charge is 2.21. The zero-order valence-corrected chi connectivity index (χ0v) is 19.2. The van der Waals surface area contributed by atoms with Gasteiger partial charge in [-0.1, -0.05) is 15.9 Å².